The minimum Gasteiger partial charge on any atom is -0.378 e. The van der Waals surface area contributed by atoms with Crippen molar-refractivity contribution in [2.75, 3.05) is 56.2 Å². The number of anilines is 1. The smallest absolute Gasteiger partial charge is 0.253 e. The lowest BCUT2D eigenvalue weighted by Crippen LogP contribution is -2.41. The van der Waals surface area contributed by atoms with Crippen molar-refractivity contribution < 1.29 is 14.3 Å². The summed E-state index contributed by atoms with van der Waals surface area (Å²) in [5.41, 5.74) is 1.32. The Morgan fingerprint density at radius 2 is 1.90 bits per heavy atom. The van der Waals surface area contributed by atoms with Crippen molar-refractivity contribution >= 4 is 29.3 Å². The predicted molar refractivity (Wildman–Crippen MR) is 119 cm³/mol. The van der Waals surface area contributed by atoms with E-state index < -0.39 is 0 Å². The third kappa shape index (κ3) is 7.01. The van der Waals surface area contributed by atoms with Crippen molar-refractivity contribution in [1.29, 1.82) is 0 Å². The van der Waals surface area contributed by atoms with E-state index in [0.717, 1.165) is 57.1 Å². The molecule has 1 N–H and O–H groups in total. The van der Waals surface area contributed by atoms with Crippen LogP contribution in [0.2, 0.25) is 0 Å². The quantitative estimate of drug-likeness (QED) is 0.736. The van der Waals surface area contributed by atoms with E-state index in [4.69, 9.17) is 4.74 Å². The second kappa shape index (κ2) is 11.0. The summed E-state index contributed by atoms with van der Waals surface area (Å²) < 4.78 is 5.91. The van der Waals surface area contributed by atoms with Gasteiger partial charge in [-0.05, 0) is 37.0 Å². The molecule has 1 aromatic carbocycles. The number of hydrogen-bond acceptors (Lipinski definition) is 5. The fourth-order valence-electron chi connectivity index (χ4n) is 3.65. The number of nitrogens with one attached hydrogen (secondary N) is 1. The van der Waals surface area contributed by atoms with Gasteiger partial charge in [0.15, 0.2) is 0 Å². The minimum absolute atomic E-state index is 0.0366. The Morgan fingerprint density at radius 1 is 1.17 bits per heavy atom. The van der Waals surface area contributed by atoms with Crippen LogP contribution in [0.25, 0.3) is 0 Å². The summed E-state index contributed by atoms with van der Waals surface area (Å²) in [6.07, 6.45) is 2.25. The molecule has 6 nitrogen and oxygen atoms in total. The van der Waals surface area contributed by atoms with Crippen LogP contribution in [0.15, 0.2) is 24.3 Å². The highest BCUT2D eigenvalue weighted by Gasteiger charge is 2.22. The second-order valence-electron chi connectivity index (χ2n) is 8.24. The lowest BCUT2D eigenvalue weighted by molar-refractivity contribution is -0.118. The zero-order chi connectivity index (χ0) is 20.6. The van der Waals surface area contributed by atoms with Gasteiger partial charge in [-0.2, -0.15) is 11.8 Å². The molecule has 0 radical (unpaired) electrons. The first-order chi connectivity index (χ1) is 14.0. The average molecular weight is 420 g/mol. The molecule has 0 atom stereocenters. The number of amides is 2. The van der Waals surface area contributed by atoms with Gasteiger partial charge in [-0.1, -0.05) is 19.9 Å². The molecule has 1 aromatic rings. The van der Waals surface area contributed by atoms with Gasteiger partial charge in [0.2, 0.25) is 5.91 Å². The molecule has 0 unspecified atom stereocenters. The van der Waals surface area contributed by atoms with Crippen LogP contribution in [-0.4, -0.2) is 78.6 Å². The number of ether oxygens (including phenoxy) is 1. The molecular weight excluding hydrogens is 386 g/mol. The minimum atomic E-state index is -0.0366. The van der Waals surface area contributed by atoms with Crippen molar-refractivity contribution in [3.8, 4) is 0 Å². The molecule has 29 heavy (non-hydrogen) atoms. The van der Waals surface area contributed by atoms with E-state index in [1.165, 1.54) is 0 Å². The van der Waals surface area contributed by atoms with Crippen molar-refractivity contribution in [1.82, 2.24) is 9.80 Å². The Labute approximate surface area is 178 Å². The average Bonchev–Trinajstić information content (AvgIpc) is 2.73. The predicted octanol–water partition coefficient (Wildman–Crippen LogP) is 2.95. The fraction of sp³-hybridized carbons (Fsp3) is 0.636. The zero-order valence-corrected chi connectivity index (χ0v) is 18.4. The monoisotopic (exact) mass is 419 g/mol. The molecule has 2 heterocycles. The molecule has 3 rings (SSSR count). The summed E-state index contributed by atoms with van der Waals surface area (Å²) in [5, 5.41) is 2.95. The van der Waals surface area contributed by atoms with E-state index in [1.54, 1.807) is 6.07 Å². The number of piperidine rings is 1. The lowest BCUT2D eigenvalue weighted by atomic mass is 10.1. The van der Waals surface area contributed by atoms with E-state index in [9.17, 15) is 9.59 Å². The van der Waals surface area contributed by atoms with Gasteiger partial charge in [-0.25, -0.2) is 0 Å². The summed E-state index contributed by atoms with van der Waals surface area (Å²) in [4.78, 5) is 29.2. The highest BCUT2D eigenvalue weighted by Crippen LogP contribution is 2.17. The van der Waals surface area contributed by atoms with Crippen LogP contribution >= 0.6 is 11.8 Å². The number of hydrogen-bond donors (Lipinski definition) is 1. The third-order valence-electron chi connectivity index (χ3n) is 5.26. The molecule has 2 saturated heterocycles. The maximum Gasteiger partial charge on any atom is 0.253 e. The van der Waals surface area contributed by atoms with Crippen molar-refractivity contribution in [3.05, 3.63) is 29.8 Å². The molecule has 2 aliphatic rings. The fourth-order valence-corrected chi connectivity index (χ4v) is 4.55. The molecule has 2 aliphatic heterocycles. The first kappa shape index (κ1) is 22.1. The molecule has 2 fully saturated rings. The Morgan fingerprint density at radius 3 is 2.59 bits per heavy atom. The van der Waals surface area contributed by atoms with Crippen molar-refractivity contribution in [3.63, 3.8) is 0 Å². The number of nitrogens with zero attached hydrogens (tertiary/aromatic N) is 2. The SMILES string of the molecule is CC(C)COC1CCN(CC(=O)Nc2cccc(C(=O)N3CCSCC3)c2)CC1. The highest BCUT2D eigenvalue weighted by molar-refractivity contribution is 7.99. The van der Waals surface area contributed by atoms with Gasteiger partial charge >= 0.3 is 0 Å². The number of rotatable bonds is 7. The molecule has 0 bridgehead atoms. The zero-order valence-electron chi connectivity index (χ0n) is 17.6. The van der Waals surface area contributed by atoms with Crippen LogP contribution in [-0.2, 0) is 9.53 Å². The van der Waals surface area contributed by atoms with Gasteiger partial charge < -0.3 is 15.0 Å². The van der Waals surface area contributed by atoms with Crippen LogP contribution in [0.3, 0.4) is 0 Å². The summed E-state index contributed by atoms with van der Waals surface area (Å²) >= 11 is 1.88. The van der Waals surface area contributed by atoms with Gasteiger partial charge in [0.1, 0.15) is 0 Å². The first-order valence-electron chi connectivity index (χ1n) is 10.6. The van der Waals surface area contributed by atoms with Gasteiger partial charge in [-0.15, -0.1) is 0 Å². The molecule has 0 aromatic heterocycles. The van der Waals surface area contributed by atoms with E-state index in [2.05, 4.69) is 24.1 Å². The van der Waals surface area contributed by atoms with Crippen molar-refractivity contribution in [2.45, 2.75) is 32.8 Å². The maximum absolute atomic E-state index is 12.7. The number of benzene rings is 1. The third-order valence-corrected chi connectivity index (χ3v) is 6.20. The summed E-state index contributed by atoms with van der Waals surface area (Å²) in [5.74, 6) is 2.54. The Bertz CT molecular complexity index is 684. The second-order valence-corrected chi connectivity index (χ2v) is 9.46. The number of carbonyl (C=O) groups is 2. The summed E-state index contributed by atoms with van der Waals surface area (Å²) in [6.45, 7) is 8.83. The van der Waals surface area contributed by atoms with Gasteiger partial charge in [0.05, 0.1) is 12.6 Å². The molecule has 2 amide bonds. The van der Waals surface area contributed by atoms with E-state index in [-0.39, 0.29) is 11.8 Å². The van der Waals surface area contributed by atoms with Gasteiger partial charge in [0.25, 0.3) is 5.91 Å². The molecule has 0 aliphatic carbocycles. The Balaban J connectivity index is 1.45. The van der Waals surface area contributed by atoms with Crippen LogP contribution in [0.4, 0.5) is 5.69 Å². The topological polar surface area (TPSA) is 61.9 Å². The number of carbonyl (C=O) groups excluding carboxylic acids is 2. The Kier molecular flexibility index (Phi) is 8.39. The standard InChI is InChI=1S/C22H33N3O3S/c1-17(2)16-28-20-6-8-24(9-7-20)15-21(26)23-19-5-3-4-18(14-19)22(27)25-10-12-29-13-11-25/h3-5,14,17,20H,6-13,15-16H2,1-2H3,(H,23,26). The number of thioether (sulfide) groups is 1. The normalized spacial score (nSPS) is 18.8. The summed E-state index contributed by atoms with van der Waals surface area (Å²) in [6, 6.07) is 7.28. The molecule has 0 spiro atoms. The van der Waals surface area contributed by atoms with Crippen LogP contribution in [0, 0.1) is 5.92 Å². The van der Waals surface area contributed by atoms with Crippen molar-refractivity contribution in [2.24, 2.45) is 5.92 Å². The maximum atomic E-state index is 12.7. The van der Waals surface area contributed by atoms with Gasteiger partial charge in [0, 0.05) is 55.5 Å². The summed E-state index contributed by atoms with van der Waals surface area (Å²) in [7, 11) is 0. The first-order valence-corrected chi connectivity index (χ1v) is 11.8. The van der Waals surface area contributed by atoms with Crippen LogP contribution < -0.4 is 5.32 Å². The molecule has 7 heteroatoms. The van der Waals surface area contributed by atoms with E-state index in [1.807, 2.05) is 34.9 Å². The van der Waals surface area contributed by atoms with E-state index >= 15 is 0 Å². The largest absolute Gasteiger partial charge is 0.378 e. The highest BCUT2D eigenvalue weighted by atomic mass is 32.2. The molecular formula is C22H33N3O3S. The lowest BCUT2D eigenvalue weighted by Gasteiger charge is -2.31. The molecule has 0 saturated carbocycles. The number of likely N-dealkylation sites (tertiary alicyclic amines) is 1. The van der Waals surface area contributed by atoms with Gasteiger partial charge in [-0.3, -0.25) is 14.5 Å². The Hall–Kier alpha value is -1.57. The van der Waals surface area contributed by atoms with E-state index in [0.29, 0.717) is 29.8 Å². The molecule has 160 valence electrons. The van der Waals surface area contributed by atoms with Crippen LogP contribution in [0.1, 0.15) is 37.0 Å². The van der Waals surface area contributed by atoms with Crippen LogP contribution in [0.5, 0.6) is 0 Å².